The molecule has 0 amide bonds. The van der Waals surface area contributed by atoms with Crippen LogP contribution >= 0.6 is 0 Å². The standard InChI is InChI=1S/C33H35N/c1-30(2)25-12-10-9-11-23(25)24-14-13-20(15-26(24)30)29-18-21-16-27-28(17-22(21)19-34-29)32(5,6)33(7,8)31(27,3)4/h9-19H,1-8H3. The van der Waals surface area contributed by atoms with Crippen LogP contribution in [-0.4, -0.2) is 4.98 Å². The maximum Gasteiger partial charge on any atom is 0.0708 e. The molecule has 0 saturated heterocycles. The molecule has 34 heavy (non-hydrogen) atoms. The summed E-state index contributed by atoms with van der Waals surface area (Å²) in [5.74, 6) is 0. The van der Waals surface area contributed by atoms with Crippen LogP contribution in [0.1, 0.15) is 77.6 Å². The summed E-state index contributed by atoms with van der Waals surface area (Å²) >= 11 is 0. The lowest BCUT2D eigenvalue weighted by atomic mass is 9.59. The molecule has 1 nitrogen and oxygen atoms in total. The smallest absolute Gasteiger partial charge is 0.0708 e. The second-order valence-corrected chi connectivity index (χ2v) is 12.6. The maximum atomic E-state index is 4.95. The second kappa shape index (κ2) is 6.39. The number of hydrogen-bond donors (Lipinski definition) is 0. The molecule has 0 spiro atoms. The monoisotopic (exact) mass is 445 g/mol. The van der Waals surface area contributed by atoms with Crippen LogP contribution in [0.5, 0.6) is 0 Å². The molecule has 1 heterocycles. The summed E-state index contributed by atoms with van der Waals surface area (Å²) in [7, 11) is 0. The molecule has 1 heteroatoms. The van der Waals surface area contributed by atoms with E-state index in [0.717, 1.165) is 5.69 Å². The fraction of sp³-hybridized carbons (Fsp3) is 0.364. The first-order valence-corrected chi connectivity index (χ1v) is 12.6. The summed E-state index contributed by atoms with van der Waals surface area (Å²) in [6, 6.07) is 22.9. The Labute approximate surface area is 204 Å². The SMILES string of the molecule is CC1(C)c2ccccc2-c2ccc(-c3cc4cc5c(cc4cn3)C(C)(C)C(C)(C)C5(C)C)cc21. The first-order valence-electron chi connectivity index (χ1n) is 12.6. The molecule has 4 aromatic rings. The van der Waals surface area contributed by atoms with E-state index in [1.807, 2.05) is 0 Å². The van der Waals surface area contributed by atoms with Crippen molar-refractivity contribution in [1.82, 2.24) is 4.98 Å². The molecule has 0 radical (unpaired) electrons. The van der Waals surface area contributed by atoms with Crippen molar-refractivity contribution in [3.8, 4) is 22.4 Å². The van der Waals surface area contributed by atoms with E-state index in [0.29, 0.717) is 0 Å². The quantitative estimate of drug-likeness (QED) is 0.285. The number of rotatable bonds is 1. The number of nitrogens with zero attached hydrogens (tertiary/aromatic N) is 1. The summed E-state index contributed by atoms with van der Waals surface area (Å²) in [6.07, 6.45) is 2.08. The van der Waals surface area contributed by atoms with E-state index in [2.05, 4.69) is 122 Å². The Kier molecular flexibility index (Phi) is 4.06. The molecule has 0 fully saturated rings. The molecule has 2 aliphatic rings. The maximum absolute atomic E-state index is 4.95. The molecular formula is C33H35N. The Bertz CT molecular complexity index is 1500. The lowest BCUT2D eigenvalue weighted by Gasteiger charge is -2.44. The fourth-order valence-electron chi connectivity index (χ4n) is 6.70. The van der Waals surface area contributed by atoms with Gasteiger partial charge in [-0.25, -0.2) is 0 Å². The first-order chi connectivity index (χ1) is 15.9. The van der Waals surface area contributed by atoms with Gasteiger partial charge < -0.3 is 0 Å². The molecule has 0 bridgehead atoms. The van der Waals surface area contributed by atoms with Gasteiger partial charge in [0.15, 0.2) is 0 Å². The van der Waals surface area contributed by atoms with Crippen LogP contribution in [0.25, 0.3) is 33.2 Å². The zero-order chi connectivity index (χ0) is 24.3. The van der Waals surface area contributed by atoms with Gasteiger partial charge in [-0.2, -0.15) is 0 Å². The normalized spacial score (nSPS) is 20.1. The molecule has 2 aliphatic carbocycles. The van der Waals surface area contributed by atoms with Crippen molar-refractivity contribution in [2.24, 2.45) is 5.41 Å². The molecule has 0 atom stereocenters. The highest BCUT2D eigenvalue weighted by Crippen LogP contribution is 2.62. The zero-order valence-electron chi connectivity index (χ0n) is 21.8. The van der Waals surface area contributed by atoms with E-state index in [1.165, 1.54) is 49.7 Å². The second-order valence-electron chi connectivity index (χ2n) is 12.6. The van der Waals surface area contributed by atoms with Gasteiger partial charge >= 0.3 is 0 Å². The fourth-order valence-corrected chi connectivity index (χ4v) is 6.70. The van der Waals surface area contributed by atoms with Crippen molar-refractivity contribution in [2.45, 2.75) is 71.6 Å². The molecular weight excluding hydrogens is 410 g/mol. The highest BCUT2D eigenvalue weighted by Gasteiger charge is 2.56. The van der Waals surface area contributed by atoms with Gasteiger partial charge in [0, 0.05) is 22.6 Å². The summed E-state index contributed by atoms with van der Waals surface area (Å²) in [6.45, 7) is 19.1. The highest BCUT2D eigenvalue weighted by molar-refractivity contribution is 5.89. The van der Waals surface area contributed by atoms with Crippen molar-refractivity contribution >= 4 is 10.8 Å². The van der Waals surface area contributed by atoms with Crippen LogP contribution in [0.3, 0.4) is 0 Å². The molecule has 0 unspecified atom stereocenters. The Morgan fingerprint density at radius 3 is 1.88 bits per heavy atom. The predicted molar refractivity (Wildman–Crippen MR) is 145 cm³/mol. The molecule has 0 saturated carbocycles. The minimum absolute atomic E-state index is 0.000791. The zero-order valence-corrected chi connectivity index (χ0v) is 21.8. The largest absolute Gasteiger partial charge is 0.256 e. The Hall–Kier alpha value is -2.93. The van der Waals surface area contributed by atoms with E-state index in [9.17, 15) is 0 Å². The van der Waals surface area contributed by atoms with Gasteiger partial charge in [0.05, 0.1) is 5.69 Å². The first kappa shape index (κ1) is 21.6. The lowest BCUT2D eigenvalue weighted by molar-refractivity contribution is 0.125. The molecule has 3 aromatic carbocycles. The van der Waals surface area contributed by atoms with Crippen molar-refractivity contribution < 1.29 is 0 Å². The van der Waals surface area contributed by atoms with Crippen molar-refractivity contribution in [3.05, 3.63) is 89.1 Å². The third kappa shape index (κ3) is 2.48. The third-order valence-electron chi connectivity index (χ3n) is 10.2. The average molecular weight is 446 g/mol. The topological polar surface area (TPSA) is 12.9 Å². The van der Waals surface area contributed by atoms with E-state index in [1.54, 1.807) is 0 Å². The minimum Gasteiger partial charge on any atom is -0.256 e. The predicted octanol–water partition coefficient (Wildman–Crippen LogP) is 8.80. The van der Waals surface area contributed by atoms with E-state index >= 15 is 0 Å². The number of pyridine rings is 1. The van der Waals surface area contributed by atoms with Crippen LogP contribution in [0.15, 0.2) is 66.9 Å². The van der Waals surface area contributed by atoms with Crippen LogP contribution in [-0.2, 0) is 16.2 Å². The Balaban J connectivity index is 1.50. The number of fused-ring (bicyclic) bond motifs is 5. The molecule has 172 valence electrons. The van der Waals surface area contributed by atoms with E-state index in [-0.39, 0.29) is 21.7 Å². The van der Waals surface area contributed by atoms with Gasteiger partial charge in [-0.15, -0.1) is 0 Å². The third-order valence-corrected chi connectivity index (χ3v) is 10.2. The number of benzene rings is 3. The Morgan fingerprint density at radius 2 is 1.18 bits per heavy atom. The molecule has 1 aromatic heterocycles. The summed E-state index contributed by atoms with van der Waals surface area (Å²) in [5, 5.41) is 2.52. The van der Waals surface area contributed by atoms with Gasteiger partial charge in [0.1, 0.15) is 0 Å². The molecule has 6 rings (SSSR count). The van der Waals surface area contributed by atoms with Crippen LogP contribution in [0, 0.1) is 5.41 Å². The highest BCUT2D eigenvalue weighted by atomic mass is 14.7. The van der Waals surface area contributed by atoms with Gasteiger partial charge in [0.25, 0.3) is 0 Å². The molecule has 0 aliphatic heterocycles. The minimum atomic E-state index is 0.000791. The summed E-state index contributed by atoms with van der Waals surface area (Å²) in [4.78, 5) is 4.95. The Morgan fingerprint density at radius 1 is 0.559 bits per heavy atom. The van der Waals surface area contributed by atoms with E-state index in [4.69, 9.17) is 4.98 Å². The lowest BCUT2D eigenvalue weighted by Crippen LogP contribution is -2.42. The van der Waals surface area contributed by atoms with Gasteiger partial charge in [-0.05, 0) is 73.2 Å². The van der Waals surface area contributed by atoms with Crippen molar-refractivity contribution in [1.29, 1.82) is 0 Å². The van der Waals surface area contributed by atoms with E-state index < -0.39 is 0 Å². The van der Waals surface area contributed by atoms with Crippen molar-refractivity contribution in [3.63, 3.8) is 0 Å². The van der Waals surface area contributed by atoms with Gasteiger partial charge in [0.2, 0.25) is 0 Å². The van der Waals surface area contributed by atoms with Gasteiger partial charge in [-0.3, -0.25) is 4.98 Å². The van der Waals surface area contributed by atoms with Crippen LogP contribution in [0.2, 0.25) is 0 Å². The average Bonchev–Trinajstić information content (AvgIpc) is 3.09. The number of aromatic nitrogens is 1. The number of hydrogen-bond acceptors (Lipinski definition) is 1. The van der Waals surface area contributed by atoms with Crippen LogP contribution in [0.4, 0.5) is 0 Å². The summed E-state index contributed by atoms with van der Waals surface area (Å²) in [5.41, 5.74) is 11.1. The van der Waals surface area contributed by atoms with Crippen LogP contribution < -0.4 is 0 Å². The molecule has 0 N–H and O–H groups in total. The summed E-state index contributed by atoms with van der Waals surface area (Å²) < 4.78 is 0. The van der Waals surface area contributed by atoms with Crippen molar-refractivity contribution in [2.75, 3.05) is 0 Å². The van der Waals surface area contributed by atoms with Gasteiger partial charge in [-0.1, -0.05) is 97.9 Å².